The smallest absolute Gasteiger partial charge is 0.241 e. The van der Waals surface area contributed by atoms with Crippen LogP contribution in [0.1, 0.15) is 25.7 Å². The number of hydrogen-bond acceptors (Lipinski definition) is 5. The largest absolute Gasteiger partial charge is 0.494 e. The molecule has 0 spiro atoms. The maximum atomic E-state index is 12.2. The Bertz CT molecular complexity index is 786. The van der Waals surface area contributed by atoms with Crippen molar-refractivity contribution in [3.63, 3.8) is 0 Å². The molecule has 0 bridgehead atoms. The molecule has 0 radical (unpaired) electrons. The molecule has 0 aliphatic heterocycles. The Kier molecular flexibility index (Phi) is 5.89. The van der Waals surface area contributed by atoms with Gasteiger partial charge in [0.05, 0.1) is 18.7 Å². The molecule has 1 amide bonds. The van der Waals surface area contributed by atoms with Crippen LogP contribution < -0.4 is 20.9 Å². The minimum Gasteiger partial charge on any atom is -0.494 e. The van der Waals surface area contributed by atoms with Crippen LogP contribution in [0, 0.1) is 5.92 Å². The maximum Gasteiger partial charge on any atom is 0.241 e. The van der Waals surface area contributed by atoms with Crippen LogP contribution in [0.15, 0.2) is 18.2 Å². The van der Waals surface area contributed by atoms with E-state index >= 15 is 0 Å². The van der Waals surface area contributed by atoms with Gasteiger partial charge in [-0.25, -0.2) is 4.98 Å². The lowest BCUT2D eigenvalue weighted by Gasteiger charge is -2.26. The minimum atomic E-state index is -0.0602. The van der Waals surface area contributed by atoms with Gasteiger partial charge in [0.1, 0.15) is 11.3 Å². The molecule has 0 unspecified atom stereocenters. The molecule has 1 aromatic heterocycles. The van der Waals surface area contributed by atoms with Crippen LogP contribution in [-0.4, -0.2) is 41.3 Å². The van der Waals surface area contributed by atoms with Crippen molar-refractivity contribution in [3.05, 3.63) is 18.2 Å². The van der Waals surface area contributed by atoms with Crippen LogP contribution in [0.4, 0.5) is 5.95 Å². The number of imidazole rings is 1. The van der Waals surface area contributed by atoms with E-state index < -0.39 is 0 Å². The van der Waals surface area contributed by atoms with Crippen LogP contribution in [0.25, 0.3) is 11.0 Å². The van der Waals surface area contributed by atoms with Crippen LogP contribution >= 0.6 is 12.2 Å². The molecular weight excluding hydrogens is 354 g/mol. The fourth-order valence-corrected chi connectivity index (χ4v) is 3.30. The van der Waals surface area contributed by atoms with E-state index in [-0.39, 0.29) is 23.0 Å². The lowest BCUT2D eigenvalue weighted by atomic mass is 9.87. The summed E-state index contributed by atoms with van der Waals surface area (Å²) >= 11 is 5.21. The molecule has 140 valence electrons. The molecule has 1 aromatic carbocycles. The average molecular weight is 377 g/mol. The molecule has 1 fully saturated rings. The first-order valence-electron chi connectivity index (χ1n) is 8.53. The first-order valence-corrected chi connectivity index (χ1v) is 8.94. The average Bonchev–Trinajstić information content (AvgIpc) is 3.08. The van der Waals surface area contributed by atoms with Gasteiger partial charge in [-0.1, -0.05) is 6.07 Å². The Morgan fingerprint density at radius 1 is 1.23 bits per heavy atom. The number of methoxy groups -OCH3 is 2. The number of hydrogen-bond donors (Lipinski definition) is 4. The molecule has 9 heteroatoms. The number of nitrogens with zero attached hydrogens (tertiary/aromatic N) is 1. The van der Waals surface area contributed by atoms with Crippen molar-refractivity contribution in [2.75, 3.05) is 19.5 Å². The van der Waals surface area contributed by atoms with E-state index in [1.807, 2.05) is 18.2 Å². The second-order valence-corrected chi connectivity index (χ2v) is 6.63. The summed E-state index contributed by atoms with van der Waals surface area (Å²) in [7, 11) is 3.31. The van der Waals surface area contributed by atoms with E-state index in [2.05, 4.69) is 26.1 Å². The number of rotatable bonds is 4. The van der Waals surface area contributed by atoms with Crippen molar-refractivity contribution < 1.29 is 14.3 Å². The SMILES string of the molecule is COc1cccc2[nH]c(NC(=S)NNC(=O)C3CCC(OC)CC3)nc12. The molecule has 8 nitrogen and oxygen atoms in total. The third-order valence-electron chi connectivity index (χ3n) is 4.61. The molecule has 1 aliphatic rings. The molecule has 4 N–H and O–H groups in total. The van der Waals surface area contributed by atoms with Crippen molar-refractivity contribution in [1.82, 2.24) is 20.8 Å². The number of carbonyl (C=O) groups is 1. The summed E-state index contributed by atoms with van der Waals surface area (Å²) in [6, 6.07) is 5.60. The molecular formula is C17H23N5O3S. The number of para-hydroxylation sites is 1. The number of H-pyrrole nitrogens is 1. The van der Waals surface area contributed by atoms with Gasteiger partial charge in [0.25, 0.3) is 0 Å². The summed E-state index contributed by atoms with van der Waals surface area (Å²) in [5, 5.41) is 3.17. The normalized spacial score (nSPS) is 19.8. The summed E-state index contributed by atoms with van der Waals surface area (Å²) in [4.78, 5) is 19.8. The summed E-state index contributed by atoms with van der Waals surface area (Å²) in [6.45, 7) is 0. The van der Waals surface area contributed by atoms with Gasteiger partial charge in [0.2, 0.25) is 11.9 Å². The second kappa shape index (κ2) is 8.33. The molecule has 1 heterocycles. The molecule has 0 atom stereocenters. The van der Waals surface area contributed by atoms with Gasteiger partial charge in [-0.3, -0.25) is 15.6 Å². The highest BCUT2D eigenvalue weighted by Crippen LogP contribution is 2.26. The van der Waals surface area contributed by atoms with Gasteiger partial charge < -0.3 is 19.8 Å². The van der Waals surface area contributed by atoms with Crippen molar-refractivity contribution in [3.8, 4) is 5.75 Å². The van der Waals surface area contributed by atoms with E-state index in [0.717, 1.165) is 31.2 Å². The lowest BCUT2D eigenvalue weighted by molar-refractivity contribution is -0.127. The number of nitrogens with one attached hydrogen (secondary N) is 4. The standard InChI is InChI=1S/C17H23N5O3S/c1-24-11-8-6-10(7-9-11)15(23)21-22-17(26)20-16-18-12-4-3-5-13(25-2)14(12)19-16/h3-5,10-11H,6-9H2,1-2H3,(H,21,23)(H3,18,19,20,22,26). The highest BCUT2D eigenvalue weighted by atomic mass is 32.1. The zero-order valence-corrected chi connectivity index (χ0v) is 15.6. The Labute approximate surface area is 157 Å². The molecule has 1 aliphatic carbocycles. The maximum absolute atomic E-state index is 12.2. The van der Waals surface area contributed by atoms with Gasteiger partial charge in [-0.2, -0.15) is 0 Å². The third-order valence-corrected chi connectivity index (χ3v) is 4.81. The van der Waals surface area contributed by atoms with Gasteiger partial charge in [0.15, 0.2) is 5.11 Å². The van der Waals surface area contributed by atoms with Crippen molar-refractivity contribution in [2.24, 2.45) is 5.92 Å². The Hall–Kier alpha value is -2.39. The number of carbonyl (C=O) groups excluding carboxylic acids is 1. The van der Waals surface area contributed by atoms with E-state index in [4.69, 9.17) is 21.7 Å². The fraction of sp³-hybridized carbons (Fsp3) is 0.471. The molecule has 2 aromatic rings. The first kappa shape index (κ1) is 18.4. The number of aromatic nitrogens is 2. The topological polar surface area (TPSA) is 100 Å². The number of anilines is 1. The first-order chi connectivity index (χ1) is 12.6. The zero-order chi connectivity index (χ0) is 18.5. The number of aromatic amines is 1. The third kappa shape index (κ3) is 4.23. The Morgan fingerprint density at radius 3 is 2.69 bits per heavy atom. The number of benzene rings is 1. The second-order valence-electron chi connectivity index (χ2n) is 6.22. The summed E-state index contributed by atoms with van der Waals surface area (Å²) in [5.74, 6) is 1.06. The number of thiocarbonyl (C=S) groups is 1. The van der Waals surface area contributed by atoms with Gasteiger partial charge in [-0.05, 0) is 50.0 Å². The summed E-state index contributed by atoms with van der Waals surface area (Å²) in [5.41, 5.74) is 6.92. The van der Waals surface area contributed by atoms with Crippen LogP contribution in [0.3, 0.4) is 0 Å². The highest BCUT2D eigenvalue weighted by molar-refractivity contribution is 7.80. The van der Waals surface area contributed by atoms with Crippen molar-refractivity contribution in [1.29, 1.82) is 0 Å². The molecule has 3 rings (SSSR count). The number of ether oxygens (including phenoxy) is 2. The summed E-state index contributed by atoms with van der Waals surface area (Å²) in [6.07, 6.45) is 3.70. The van der Waals surface area contributed by atoms with Crippen LogP contribution in [0.5, 0.6) is 5.75 Å². The summed E-state index contributed by atoms with van der Waals surface area (Å²) < 4.78 is 10.6. The number of amides is 1. The van der Waals surface area contributed by atoms with Gasteiger partial charge in [-0.15, -0.1) is 0 Å². The Morgan fingerprint density at radius 2 is 2.00 bits per heavy atom. The van der Waals surface area contributed by atoms with Crippen LogP contribution in [0.2, 0.25) is 0 Å². The number of hydrazine groups is 1. The van der Waals surface area contributed by atoms with E-state index in [9.17, 15) is 4.79 Å². The molecule has 26 heavy (non-hydrogen) atoms. The molecule has 0 saturated heterocycles. The van der Waals surface area contributed by atoms with E-state index in [1.54, 1.807) is 14.2 Å². The lowest BCUT2D eigenvalue weighted by Crippen LogP contribution is -2.47. The predicted octanol–water partition coefficient (Wildman–Crippen LogP) is 2.09. The Balaban J connectivity index is 1.51. The van der Waals surface area contributed by atoms with Gasteiger partial charge >= 0.3 is 0 Å². The fourth-order valence-electron chi connectivity index (χ4n) is 3.15. The van der Waals surface area contributed by atoms with E-state index in [0.29, 0.717) is 17.2 Å². The molecule has 1 saturated carbocycles. The monoisotopic (exact) mass is 377 g/mol. The quantitative estimate of drug-likeness (QED) is 0.478. The zero-order valence-electron chi connectivity index (χ0n) is 14.8. The van der Waals surface area contributed by atoms with E-state index in [1.165, 1.54) is 0 Å². The van der Waals surface area contributed by atoms with Crippen molar-refractivity contribution in [2.45, 2.75) is 31.8 Å². The van der Waals surface area contributed by atoms with Gasteiger partial charge in [0, 0.05) is 13.0 Å². The predicted molar refractivity (Wildman–Crippen MR) is 103 cm³/mol. The van der Waals surface area contributed by atoms with Crippen LogP contribution in [-0.2, 0) is 9.53 Å². The minimum absolute atomic E-state index is 0.0211. The number of fused-ring (bicyclic) bond motifs is 1. The van der Waals surface area contributed by atoms with Crippen molar-refractivity contribution >= 4 is 40.2 Å². The highest BCUT2D eigenvalue weighted by Gasteiger charge is 2.26.